The van der Waals surface area contributed by atoms with Gasteiger partial charge >= 0.3 is 0 Å². The van der Waals surface area contributed by atoms with Crippen molar-refractivity contribution in [1.29, 1.82) is 0 Å². The van der Waals surface area contributed by atoms with E-state index in [1.807, 2.05) is 0 Å². The second kappa shape index (κ2) is 6.73. The highest BCUT2D eigenvalue weighted by molar-refractivity contribution is 4.98. The summed E-state index contributed by atoms with van der Waals surface area (Å²) in [7, 11) is 0. The maximum absolute atomic E-state index is 6.04. The van der Waals surface area contributed by atoms with Gasteiger partial charge in [0.2, 0.25) is 0 Å². The quantitative estimate of drug-likeness (QED) is 0.844. The molecule has 0 amide bonds. The number of nitrogens with zero attached hydrogens (tertiary/aromatic N) is 2. The molecule has 0 bridgehead atoms. The third-order valence-electron chi connectivity index (χ3n) is 5.56. The summed E-state index contributed by atoms with van der Waals surface area (Å²) in [6.07, 6.45) is 7.42. The van der Waals surface area contributed by atoms with Crippen molar-refractivity contribution in [1.82, 2.24) is 15.1 Å². The highest BCUT2D eigenvalue weighted by Gasteiger charge is 2.40. The van der Waals surface area contributed by atoms with Gasteiger partial charge in [0, 0.05) is 44.8 Å². The molecular formula is C16H31N3O. The molecule has 2 heterocycles. The van der Waals surface area contributed by atoms with Crippen LogP contribution < -0.4 is 5.32 Å². The fourth-order valence-electron chi connectivity index (χ4n) is 4.30. The van der Waals surface area contributed by atoms with Crippen LogP contribution in [-0.2, 0) is 4.74 Å². The summed E-state index contributed by atoms with van der Waals surface area (Å²) in [4.78, 5) is 5.30. The molecule has 0 aromatic rings. The smallest absolute Gasteiger partial charge is 0.0829 e. The average Bonchev–Trinajstić information content (AvgIpc) is 2.51. The van der Waals surface area contributed by atoms with Crippen molar-refractivity contribution in [3.05, 3.63) is 0 Å². The molecule has 1 spiro atoms. The van der Waals surface area contributed by atoms with Crippen LogP contribution in [0.25, 0.3) is 0 Å². The Bertz CT molecular complexity index is 296. The van der Waals surface area contributed by atoms with Crippen LogP contribution >= 0.6 is 0 Å². The number of hydrogen-bond donors (Lipinski definition) is 1. The van der Waals surface area contributed by atoms with Gasteiger partial charge < -0.3 is 10.1 Å². The third-order valence-corrected chi connectivity index (χ3v) is 5.56. The average molecular weight is 281 g/mol. The highest BCUT2D eigenvalue weighted by Crippen LogP contribution is 2.34. The van der Waals surface area contributed by atoms with E-state index in [1.54, 1.807) is 0 Å². The van der Waals surface area contributed by atoms with Crippen molar-refractivity contribution >= 4 is 0 Å². The number of piperazine rings is 1. The van der Waals surface area contributed by atoms with E-state index in [2.05, 4.69) is 22.0 Å². The Hall–Kier alpha value is -0.160. The maximum atomic E-state index is 6.04. The van der Waals surface area contributed by atoms with E-state index >= 15 is 0 Å². The van der Waals surface area contributed by atoms with Gasteiger partial charge in [0.25, 0.3) is 0 Å². The molecule has 1 unspecified atom stereocenters. The van der Waals surface area contributed by atoms with Crippen LogP contribution in [0.3, 0.4) is 0 Å². The van der Waals surface area contributed by atoms with Gasteiger partial charge in [-0.15, -0.1) is 0 Å². The first-order valence-electron chi connectivity index (χ1n) is 8.62. The van der Waals surface area contributed by atoms with Gasteiger partial charge in [0.1, 0.15) is 0 Å². The van der Waals surface area contributed by atoms with Gasteiger partial charge in [0.15, 0.2) is 0 Å². The van der Waals surface area contributed by atoms with E-state index in [1.165, 1.54) is 45.2 Å². The van der Waals surface area contributed by atoms with Crippen molar-refractivity contribution in [2.75, 3.05) is 52.4 Å². The fourth-order valence-corrected chi connectivity index (χ4v) is 4.30. The number of morpholine rings is 1. The van der Waals surface area contributed by atoms with Crippen LogP contribution in [0, 0.1) is 0 Å². The monoisotopic (exact) mass is 281 g/mol. The molecule has 1 N–H and O–H groups in total. The summed E-state index contributed by atoms with van der Waals surface area (Å²) in [6.45, 7) is 11.2. The van der Waals surface area contributed by atoms with Gasteiger partial charge in [-0.3, -0.25) is 9.80 Å². The van der Waals surface area contributed by atoms with E-state index in [9.17, 15) is 0 Å². The van der Waals surface area contributed by atoms with Crippen LogP contribution in [0.2, 0.25) is 0 Å². The molecule has 20 heavy (non-hydrogen) atoms. The third kappa shape index (κ3) is 3.19. The lowest BCUT2D eigenvalue weighted by Crippen LogP contribution is -2.64. The Morgan fingerprint density at radius 1 is 1.20 bits per heavy atom. The van der Waals surface area contributed by atoms with E-state index in [-0.39, 0.29) is 0 Å². The van der Waals surface area contributed by atoms with Gasteiger partial charge in [-0.25, -0.2) is 0 Å². The minimum absolute atomic E-state index is 0.417. The van der Waals surface area contributed by atoms with Crippen molar-refractivity contribution in [3.63, 3.8) is 0 Å². The molecule has 3 fully saturated rings. The molecule has 2 saturated heterocycles. The van der Waals surface area contributed by atoms with E-state index in [4.69, 9.17) is 4.74 Å². The zero-order valence-corrected chi connectivity index (χ0v) is 13.1. The molecule has 4 heteroatoms. The standard InChI is InChI=1S/C16H31N3O/c1-2-18-10-11-20-15(12-18)13-19-9-8-17-14-16(19)6-4-3-5-7-16/h15,17H,2-14H2,1H3. The van der Waals surface area contributed by atoms with Gasteiger partial charge in [0.05, 0.1) is 12.7 Å². The molecule has 3 rings (SSSR count). The SMILES string of the molecule is CCN1CCOC(CN2CCNCC23CCCCC3)C1. The summed E-state index contributed by atoms with van der Waals surface area (Å²) in [5.74, 6) is 0. The Morgan fingerprint density at radius 2 is 2.05 bits per heavy atom. The van der Waals surface area contributed by atoms with Crippen molar-refractivity contribution < 1.29 is 4.74 Å². The van der Waals surface area contributed by atoms with Gasteiger partial charge in [-0.1, -0.05) is 26.2 Å². The van der Waals surface area contributed by atoms with E-state index in [0.717, 1.165) is 39.3 Å². The predicted molar refractivity (Wildman–Crippen MR) is 82.1 cm³/mol. The second-order valence-corrected chi connectivity index (χ2v) is 6.79. The summed E-state index contributed by atoms with van der Waals surface area (Å²) < 4.78 is 6.04. The van der Waals surface area contributed by atoms with Crippen molar-refractivity contribution in [2.45, 2.75) is 50.7 Å². The number of rotatable bonds is 3. The summed E-state index contributed by atoms with van der Waals surface area (Å²) in [5.41, 5.74) is 0.439. The molecular weight excluding hydrogens is 250 g/mol. The largest absolute Gasteiger partial charge is 0.374 e. The molecule has 116 valence electrons. The molecule has 0 aromatic heterocycles. The number of hydrogen-bond acceptors (Lipinski definition) is 4. The minimum atomic E-state index is 0.417. The summed E-state index contributed by atoms with van der Waals surface area (Å²) in [6, 6.07) is 0. The first kappa shape index (κ1) is 14.8. The van der Waals surface area contributed by atoms with Gasteiger partial charge in [-0.2, -0.15) is 0 Å². The molecule has 3 aliphatic rings. The second-order valence-electron chi connectivity index (χ2n) is 6.79. The first-order chi connectivity index (χ1) is 9.82. The van der Waals surface area contributed by atoms with Crippen LogP contribution in [-0.4, -0.2) is 73.9 Å². The van der Waals surface area contributed by atoms with Crippen molar-refractivity contribution in [2.24, 2.45) is 0 Å². The van der Waals surface area contributed by atoms with Crippen LogP contribution in [0.4, 0.5) is 0 Å². The number of nitrogens with one attached hydrogen (secondary N) is 1. The van der Waals surface area contributed by atoms with E-state index < -0.39 is 0 Å². The topological polar surface area (TPSA) is 27.7 Å². The zero-order valence-electron chi connectivity index (χ0n) is 13.1. The fraction of sp³-hybridized carbons (Fsp3) is 1.00. The molecule has 1 aliphatic carbocycles. The zero-order chi connectivity index (χ0) is 13.8. The molecule has 4 nitrogen and oxygen atoms in total. The van der Waals surface area contributed by atoms with Crippen LogP contribution in [0.5, 0.6) is 0 Å². The highest BCUT2D eigenvalue weighted by atomic mass is 16.5. The first-order valence-corrected chi connectivity index (χ1v) is 8.62. The summed E-state index contributed by atoms with van der Waals surface area (Å²) >= 11 is 0. The Kier molecular flexibility index (Phi) is 4.97. The van der Waals surface area contributed by atoms with Crippen LogP contribution in [0.15, 0.2) is 0 Å². The normalized spacial score (nSPS) is 32.5. The number of likely N-dealkylation sites (N-methyl/N-ethyl adjacent to an activating group) is 1. The number of ether oxygens (including phenoxy) is 1. The Balaban J connectivity index is 1.61. The van der Waals surface area contributed by atoms with E-state index in [0.29, 0.717) is 11.6 Å². The lowest BCUT2D eigenvalue weighted by Gasteiger charge is -2.51. The van der Waals surface area contributed by atoms with Gasteiger partial charge in [-0.05, 0) is 19.4 Å². The molecule has 0 aromatic carbocycles. The molecule has 0 radical (unpaired) electrons. The molecule has 2 aliphatic heterocycles. The minimum Gasteiger partial charge on any atom is -0.374 e. The lowest BCUT2D eigenvalue weighted by atomic mass is 9.79. The Morgan fingerprint density at radius 3 is 2.85 bits per heavy atom. The molecule has 1 atom stereocenters. The molecule has 1 saturated carbocycles. The summed E-state index contributed by atoms with van der Waals surface area (Å²) in [5, 5.41) is 3.64. The van der Waals surface area contributed by atoms with Crippen molar-refractivity contribution in [3.8, 4) is 0 Å². The lowest BCUT2D eigenvalue weighted by molar-refractivity contribution is -0.0704. The maximum Gasteiger partial charge on any atom is 0.0829 e. The Labute approximate surface area is 123 Å². The van der Waals surface area contributed by atoms with Crippen LogP contribution in [0.1, 0.15) is 39.0 Å². The predicted octanol–water partition coefficient (Wildman–Crippen LogP) is 1.32.